The van der Waals surface area contributed by atoms with Crippen LogP contribution in [0.3, 0.4) is 0 Å². The molecule has 2 aromatic heterocycles. The van der Waals surface area contributed by atoms with Crippen molar-refractivity contribution in [1.82, 2.24) is 10.3 Å². The Morgan fingerprint density at radius 2 is 1.74 bits per heavy atom. The molecule has 0 aliphatic heterocycles. The minimum absolute atomic E-state index is 0.0190. The zero-order valence-corrected chi connectivity index (χ0v) is 21.2. The molecule has 0 fully saturated rings. The van der Waals surface area contributed by atoms with Crippen LogP contribution in [0.15, 0.2) is 82.8 Å². The van der Waals surface area contributed by atoms with E-state index in [9.17, 15) is 21.6 Å². The highest BCUT2D eigenvalue weighted by molar-refractivity contribution is 7.92. The molecule has 0 saturated heterocycles. The summed E-state index contributed by atoms with van der Waals surface area (Å²) in [6.45, 7) is 1.98. The predicted molar refractivity (Wildman–Crippen MR) is 137 cm³/mol. The Balaban J connectivity index is 1.45. The van der Waals surface area contributed by atoms with Crippen LogP contribution < -0.4 is 10.0 Å². The molecule has 4 rings (SSSR count). The average molecular weight is 530 g/mol. The third-order valence-electron chi connectivity index (χ3n) is 5.12. The van der Waals surface area contributed by atoms with Gasteiger partial charge in [-0.2, -0.15) is 0 Å². The first kappa shape index (κ1) is 24.8. The van der Waals surface area contributed by atoms with Gasteiger partial charge in [0.25, 0.3) is 5.91 Å². The number of thiophene rings is 1. The van der Waals surface area contributed by atoms with E-state index in [2.05, 4.69) is 15.0 Å². The van der Waals surface area contributed by atoms with E-state index in [1.54, 1.807) is 31.5 Å². The SMILES string of the molecule is CCCS(=O)(=O)Nc1cccc(S(=O)(=O)c2ccc(CNC(=O)c3cc4ccncc4s3)cc2)c1. The second-order valence-electron chi connectivity index (χ2n) is 7.80. The van der Waals surface area contributed by atoms with Crippen molar-refractivity contribution in [2.75, 3.05) is 10.5 Å². The summed E-state index contributed by atoms with van der Waals surface area (Å²) in [5, 5.41) is 3.79. The molecular formula is C24H23N3O5S3. The number of carbonyl (C=O) groups is 1. The highest BCUT2D eigenvalue weighted by Gasteiger charge is 2.19. The van der Waals surface area contributed by atoms with E-state index in [4.69, 9.17) is 0 Å². The fourth-order valence-corrected chi connectivity index (χ4v) is 6.79. The number of amides is 1. The van der Waals surface area contributed by atoms with Crippen molar-refractivity contribution in [1.29, 1.82) is 0 Å². The maximum absolute atomic E-state index is 13.1. The van der Waals surface area contributed by atoms with Crippen molar-refractivity contribution in [2.45, 2.75) is 29.7 Å². The summed E-state index contributed by atoms with van der Waals surface area (Å²) >= 11 is 1.35. The molecule has 8 nitrogen and oxygen atoms in total. The van der Waals surface area contributed by atoms with Gasteiger partial charge in [-0.05, 0) is 59.8 Å². The number of aromatic nitrogens is 1. The number of rotatable bonds is 9. The van der Waals surface area contributed by atoms with Crippen LogP contribution in [0.4, 0.5) is 5.69 Å². The van der Waals surface area contributed by atoms with Crippen LogP contribution in [0.2, 0.25) is 0 Å². The van der Waals surface area contributed by atoms with E-state index in [1.807, 2.05) is 12.1 Å². The number of sulfonamides is 1. The smallest absolute Gasteiger partial charge is 0.261 e. The predicted octanol–water partition coefficient (Wildman–Crippen LogP) is 4.21. The van der Waals surface area contributed by atoms with Crippen molar-refractivity contribution in [3.8, 4) is 0 Å². The van der Waals surface area contributed by atoms with Crippen LogP contribution in [0.25, 0.3) is 10.1 Å². The standard InChI is InChI=1S/C24H23N3O5S3/c1-2-12-34(29,30)27-19-4-3-5-21(14-19)35(31,32)20-8-6-17(7-9-20)15-26-24(28)22-13-18-10-11-25-16-23(18)33-22/h3-11,13-14,16,27H,2,12,15H2,1H3,(H,26,28). The highest BCUT2D eigenvalue weighted by atomic mass is 32.2. The number of carbonyl (C=O) groups excluding carboxylic acids is 1. The first-order valence-electron chi connectivity index (χ1n) is 10.7. The summed E-state index contributed by atoms with van der Waals surface area (Å²) < 4.78 is 53.5. The summed E-state index contributed by atoms with van der Waals surface area (Å²) in [4.78, 5) is 17.2. The Morgan fingerprint density at radius 3 is 2.46 bits per heavy atom. The second kappa shape index (κ2) is 10.1. The van der Waals surface area contributed by atoms with Gasteiger partial charge in [-0.25, -0.2) is 16.8 Å². The largest absolute Gasteiger partial charge is 0.347 e. The number of benzene rings is 2. The maximum atomic E-state index is 13.1. The topological polar surface area (TPSA) is 122 Å². The van der Waals surface area contributed by atoms with Crippen LogP contribution >= 0.6 is 11.3 Å². The fourth-order valence-electron chi connectivity index (χ4n) is 3.41. The Morgan fingerprint density at radius 1 is 0.971 bits per heavy atom. The van der Waals surface area contributed by atoms with Gasteiger partial charge in [-0.15, -0.1) is 11.3 Å². The highest BCUT2D eigenvalue weighted by Crippen LogP contribution is 2.26. The lowest BCUT2D eigenvalue weighted by atomic mass is 10.2. The minimum Gasteiger partial charge on any atom is -0.347 e. The molecule has 0 aliphatic carbocycles. The first-order valence-corrected chi connectivity index (χ1v) is 14.7. The average Bonchev–Trinajstić information content (AvgIpc) is 3.27. The monoisotopic (exact) mass is 529 g/mol. The first-order chi connectivity index (χ1) is 16.7. The van der Waals surface area contributed by atoms with Gasteiger partial charge >= 0.3 is 0 Å². The Hall–Kier alpha value is -3.28. The third kappa shape index (κ3) is 5.87. The zero-order valence-electron chi connectivity index (χ0n) is 18.8. The second-order valence-corrected chi connectivity index (χ2v) is 12.7. The van der Waals surface area contributed by atoms with Crippen LogP contribution in [0.1, 0.15) is 28.6 Å². The lowest BCUT2D eigenvalue weighted by Crippen LogP contribution is -2.21. The number of fused-ring (bicyclic) bond motifs is 1. The third-order valence-corrected chi connectivity index (χ3v) is 9.47. The molecule has 0 unspecified atom stereocenters. The molecule has 182 valence electrons. The molecule has 4 aromatic rings. The van der Waals surface area contributed by atoms with Gasteiger partial charge in [0.1, 0.15) is 0 Å². The number of sulfone groups is 1. The summed E-state index contributed by atoms with van der Waals surface area (Å²) in [6, 6.07) is 15.6. The Bertz CT molecular complexity index is 1550. The number of hydrogen-bond acceptors (Lipinski definition) is 7. The fraction of sp³-hybridized carbons (Fsp3) is 0.167. The molecule has 1 amide bonds. The molecule has 2 N–H and O–H groups in total. The van der Waals surface area contributed by atoms with E-state index in [1.165, 1.54) is 47.7 Å². The quantitative estimate of drug-likeness (QED) is 0.335. The van der Waals surface area contributed by atoms with Crippen LogP contribution in [-0.2, 0) is 26.4 Å². The van der Waals surface area contributed by atoms with Crippen molar-refractivity contribution in [3.05, 3.63) is 83.5 Å². The zero-order chi connectivity index (χ0) is 25.1. The minimum atomic E-state index is -3.86. The van der Waals surface area contributed by atoms with Crippen molar-refractivity contribution in [3.63, 3.8) is 0 Å². The van der Waals surface area contributed by atoms with Crippen molar-refractivity contribution >= 4 is 52.9 Å². The Labute approximate surface area is 208 Å². The van der Waals surface area contributed by atoms with E-state index in [-0.39, 0.29) is 33.7 Å². The number of anilines is 1. The van der Waals surface area contributed by atoms with Crippen LogP contribution in [0, 0.1) is 0 Å². The van der Waals surface area contributed by atoms with Gasteiger partial charge in [0.05, 0.1) is 25.1 Å². The molecule has 35 heavy (non-hydrogen) atoms. The molecule has 11 heteroatoms. The van der Waals surface area contributed by atoms with Gasteiger partial charge in [-0.1, -0.05) is 25.1 Å². The van der Waals surface area contributed by atoms with Gasteiger partial charge in [-0.3, -0.25) is 14.5 Å². The summed E-state index contributed by atoms with van der Waals surface area (Å²) in [5.74, 6) is -0.271. The lowest BCUT2D eigenvalue weighted by Gasteiger charge is -2.10. The van der Waals surface area contributed by atoms with Crippen LogP contribution in [0.5, 0.6) is 0 Å². The Kier molecular flexibility index (Phi) is 7.20. The molecule has 0 radical (unpaired) electrons. The van der Waals surface area contributed by atoms with Crippen molar-refractivity contribution < 1.29 is 21.6 Å². The number of nitrogens with one attached hydrogen (secondary N) is 2. The summed E-state index contributed by atoms with van der Waals surface area (Å²) in [5.41, 5.74) is 0.928. The normalized spacial score (nSPS) is 11.9. The maximum Gasteiger partial charge on any atom is 0.261 e. The van der Waals surface area contributed by atoms with Gasteiger partial charge < -0.3 is 5.32 Å². The molecule has 0 atom stereocenters. The van der Waals surface area contributed by atoms with Gasteiger partial charge in [0.2, 0.25) is 19.9 Å². The molecule has 2 aromatic carbocycles. The van der Waals surface area contributed by atoms with Crippen molar-refractivity contribution in [2.24, 2.45) is 0 Å². The molecule has 0 aliphatic rings. The lowest BCUT2D eigenvalue weighted by molar-refractivity contribution is 0.0955. The van der Waals surface area contributed by atoms with E-state index in [0.717, 1.165) is 15.6 Å². The van der Waals surface area contributed by atoms with E-state index < -0.39 is 19.9 Å². The summed E-state index contributed by atoms with van der Waals surface area (Å²) in [7, 11) is -7.40. The van der Waals surface area contributed by atoms with Crippen LogP contribution in [-0.4, -0.2) is 33.5 Å². The van der Waals surface area contributed by atoms with Gasteiger partial charge in [0, 0.05) is 24.6 Å². The number of nitrogens with zero attached hydrogens (tertiary/aromatic N) is 1. The molecule has 0 spiro atoms. The molecule has 0 saturated carbocycles. The van der Waals surface area contributed by atoms with Gasteiger partial charge in [0.15, 0.2) is 0 Å². The molecule has 2 heterocycles. The van der Waals surface area contributed by atoms with E-state index in [0.29, 0.717) is 11.3 Å². The number of pyridine rings is 1. The molecular weight excluding hydrogens is 506 g/mol. The molecule has 0 bridgehead atoms. The van der Waals surface area contributed by atoms with E-state index >= 15 is 0 Å². The summed E-state index contributed by atoms with van der Waals surface area (Å²) in [6.07, 6.45) is 3.83. The number of hydrogen-bond donors (Lipinski definition) is 2.